The Morgan fingerprint density at radius 2 is 1.80 bits per heavy atom. The summed E-state index contributed by atoms with van der Waals surface area (Å²) in [6.07, 6.45) is 1.48. The molecule has 0 bridgehead atoms. The van der Waals surface area contributed by atoms with E-state index in [2.05, 4.69) is 5.32 Å². The third kappa shape index (κ3) is 5.14. The zero-order chi connectivity index (χ0) is 18.4. The van der Waals surface area contributed by atoms with Gasteiger partial charge in [0.2, 0.25) is 0 Å². The number of rotatable bonds is 6. The molecule has 132 valence electrons. The molecule has 0 aliphatic carbocycles. The minimum atomic E-state index is -1.33. The average molecular weight is 380 g/mol. The van der Waals surface area contributed by atoms with Gasteiger partial charge in [0.05, 0.1) is 27.3 Å². The second kappa shape index (κ2) is 8.78. The van der Waals surface area contributed by atoms with Crippen LogP contribution in [0.2, 0.25) is 5.02 Å². The molecule has 0 aliphatic heterocycles. The second-order valence-corrected chi connectivity index (χ2v) is 7.09. The predicted octanol–water partition coefficient (Wildman–Crippen LogP) is 3.11. The molecule has 1 N–H and O–H groups in total. The molecule has 0 spiro atoms. The van der Waals surface area contributed by atoms with Crippen LogP contribution in [0.25, 0.3) is 0 Å². The van der Waals surface area contributed by atoms with Crippen molar-refractivity contribution < 1.29 is 18.5 Å². The normalized spacial score (nSPS) is 12.9. The Hall–Kier alpha value is -2.18. The van der Waals surface area contributed by atoms with Crippen molar-refractivity contribution in [3.05, 3.63) is 64.7 Å². The van der Waals surface area contributed by atoms with Gasteiger partial charge < -0.3 is 10.1 Å². The Labute approximate surface area is 153 Å². The number of hydrogen-bond donors (Lipinski definition) is 1. The summed E-state index contributed by atoms with van der Waals surface area (Å²) in [5, 5.41) is 3.27. The Balaban J connectivity index is 1.95. The third-order valence-electron chi connectivity index (χ3n) is 3.50. The summed E-state index contributed by atoms with van der Waals surface area (Å²) in [5.41, 5.74) is 0.964. The van der Waals surface area contributed by atoms with Gasteiger partial charge in [0.15, 0.2) is 6.61 Å². The zero-order valence-corrected chi connectivity index (χ0v) is 15.4. The van der Waals surface area contributed by atoms with E-state index in [1.54, 1.807) is 37.3 Å². The van der Waals surface area contributed by atoms with Crippen molar-refractivity contribution in [2.75, 3.05) is 12.9 Å². The van der Waals surface area contributed by atoms with Gasteiger partial charge in [0.1, 0.15) is 0 Å². The highest BCUT2D eigenvalue weighted by atomic mass is 35.5. The molecule has 0 fully saturated rings. The van der Waals surface area contributed by atoms with Crippen molar-refractivity contribution in [3.63, 3.8) is 0 Å². The van der Waals surface area contributed by atoms with Gasteiger partial charge in [-0.1, -0.05) is 41.9 Å². The van der Waals surface area contributed by atoms with Crippen LogP contribution in [-0.2, 0) is 20.3 Å². The molecule has 0 heterocycles. The van der Waals surface area contributed by atoms with E-state index in [4.69, 9.17) is 16.3 Å². The van der Waals surface area contributed by atoms with Gasteiger partial charge in [-0.05, 0) is 30.7 Å². The van der Waals surface area contributed by atoms with E-state index in [0.29, 0.717) is 9.92 Å². The van der Waals surface area contributed by atoms with Crippen LogP contribution in [-0.4, -0.2) is 28.9 Å². The van der Waals surface area contributed by atoms with E-state index in [9.17, 15) is 13.8 Å². The van der Waals surface area contributed by atoms with Crippen LogP contribution in [0.15, 0.2) is 53.4 Å². The molecule has 0 saturated heterocycles. The monoisotopic (exact) mass is 379 g/mol. The average Bonchev–Trinajstić information content (AvgIpc) is 2.59. The predicted molar refractivity (Wildman–Crippen MR) is 97.1 cm³/mol. The van der Waals surface area contributed by atoms with Crippen molar-refractivity contribution in [1.29, 1.82) is 0 Å². The molecule has 2 aromatic carbocycles. The van der Waals surface area contributed by atoms with Gasteiger partial charge in [-0.3, -0.25) is 9.00 Å². The quantitative estimate of drug-likeness (QED) is 0.783. The van der Waals surface area contributed by atoms with Crippen LogP contribution in [0.5, 0.6) is 0 Å². The van der Waals surface area contributed by atoms with Gasteiger partial charge in [-0.2, -0.15) is 0 Å². The standard InChI is InChI=1S/C18H18ClNO4S/c1-12(13-7-3-5-9-15(13)19)20-17(21)11-24-18(22)14-8-4-6-10-16(14)25(2)23/h3-10,12H,11H2,1-2H3,(H,20,21)/t12-,25-/m1/s1. The highest BCUT2D eigenvalue weighted by Crippen LogP contribution is 2.22. The van der Waals surface area contributed by atoms with E-state index in [0.717, 1.165) is 5.56 Å². The Morgan fingerprint density at radius 1 is 1.16 bits per heavy atom. The van der Waals surface area contributed by atoms with E-state index < -0.39 is 29.3 Å². The van der Waals surface area contributed by atoms with Crippen molar-refractivity contribution in [2.45, 2.75) is 17.9 Å². The van der Waals surface area contributed by atoms with Crippen molar-refractivity contribution >= 4 is 34.3 Å². The number of nitrogens with one attached hydrogen (secondary N) is 1. The smallest absolute Gasteiger partial charge is 0.339 e. The lowest BCUT2D eigenvalue weighted by molar-refractivity contribution is -0.124. The fraction of sp³-hybridized carbons (Fsp3) is 0.222. The van der Waals surface area contributed by atoms with E-state index in [-0.39, 0.29) is 11.6 Å². The van der Waals surface area contributed by atoms with Crippen molar-refractivity contribution in [3.8, 4) is 0 Å². The summed E-state index contributed by atoms with van der Waals surface area (Å²) in [5.74, 6) is -1.14. The highest BCUT2D eigenvalue weighted by molar-refractivity contribution is 7.84. The maximum absolute atomic E-state index is 12.1. The van der Waals surface area contributed by atoms with Crippen molar-refractivity contribution in [1.82, 2.24) is 5.32 Å². The summed E-state index contributed by atoms with van der Waals surface area (Å²) < 4.78 is 16.7. The lowest BCUT2D eigenvalue weighted by atomic mass is 10.1. The number of carbonyl (C=O) groups excluding carboxylic acids is 2. The molecule has 2 aromatic rings. The summed E-state index contributed by atoms with van der Waals surface area (Å²) in [7, 11) is -1.33. The molecule has 0 aromatic heterocycles. The van der Waals surface area contributed by atoms with Gasteiger partial charge in [0.25, 0.3) is 5.91 Å². The van der Waals surface area contributed by atoms with Crippen LogP contribution in [0.3, 0.4) is 0 Å². The van der Waals surface area contributed by atoms with E-state index in [1.807, 2.05) is 12.1 Å². The van der Waals surface area contributed by atoms with Crippen LogP contribution in [0.4, 0.5) is 0 Å². The highest BCUT2D eigenvalue weighted by Gasteiger charge is 2.17. The molecule has 0 aliphatic rings. The van der Waals surface area contributed by atoms with Crippen LogP contribution in [0.1, 0.15) is 28.9 Å². The number of esters is 1. The number of amides is 1. The molecule has 25 heavy (non-hydrogen) atoms. The lowest BCUT2D eigenvalue weighted by Gasteiger charge is -2.15. The van der Waals surface area contributed by atoms with Crippen molar-refractivity contribution in [2.24, 2.45) is 0 Å². The first-order valence-electron chi connectivity index (χ1n) is 7.53. The van der Waals surface area contributed by atoms with Crippen LogP contribution < -0.4 is 5.32 Å². The number of ether oxygens (including phenoxy) is 1. The molecule has 2 atom stereocenters. The topological polar surface area (TPSA) is 72.5 Å². The maximum atomic E-state index is 12.1. The maximum Gasteiger partial charge on any atom is 0.339 e. The molecular formula is C18H18ClNO4S. The minimum absolute atomic E-state index is 0.190. The molecule has 0 saturated carbocycles. The van der Waals surface area contributed by atoms with Gasteiger partial charge >= 0.3 is 5.97 Å². The largest absolute Gasteiger partial charge is 0.452 e. The first-order chi connectivity index (χ1) is 11.9. The summed E-state index contributed by atoms with van der Waals surface area (Å²) in [6.45, 7) is 1.36. The summed E-state index contributed by atoms with van der Waals surface area (Å²) in [6, 6.07) is 13.3. The number of halogens is 1. The molecule has 0 radical (unpaired) electrons. The summed E-state index contributed by atoms with van der Waals surface area (Å²) in [4.78, 5) is 24.5. The second-order valence-electron chi connectivity index (χ2n) is 5.34. The van der Waals surface area contributed by atoms with Crippen LogP contribution in [0, 0.1) is 0 Å². The number of carbonyl (C=O) groups is 2. The Bertz CT molecular complexity index is 809. The van der Waals surface area contributed by atoms with E-state index in [1.165, 1.54) is 12.3 Å². The Morgan fingerprint density at radius 3 is 2.48 bits per heavy atom. The minimum Gasteiger partial charge on any atom is -0.452 e. The van der Waals surface area contributed by atoms with Gasteiger partial charge in [-0.15, -0.1) is 0 Å². The van der Waals surface area contributed by atoms with Gasteiger partial charge in [-0.25, -0.2) is 4.79 Å². The number of hydrogen-bond acceptors (Lipinski definition) is 4. The fourth-order valence-electron chi connectivity index (χ4n) is 2.28. The fourth-order valence-corrected chi connectivity index (χ4v) is 3.31. The molecule has 1 amide bonds. The first kappa shape index (κ1) is 19.1. The van der Waals surface area contributed by atoms with Crippen LogP contribution >= 0.6 is 11.6 Å². The lowest BCUT2D eigenvalue weighted by Crippen LogP contribution is -2.31. The SMILES string of the molecule is C[C@@H](NC(=O)COC(=O)c1ccccc1[S@@](C)=O)c1ccccc1Cl. The third-order valence-corrected chi connectivity index (χ3v) is 4.82. The van der Waals surface area contributed by atoms with E-state index >= 15 is 0 Å². The summed E-state index contributed by atoms with van der Waals surface area (Å²) >= 11 is 6.09. The number of benzene rings is 2. The zero-order valence-electron chi connectivity index (χ0n) is 13.8. The Kier molecular flexibility index (Phi) is 6.73. The van der Waals surface area contributed by atoms with Gasteiger partial charge in [0, 0.05) is 11.3 Å². The molecule has 2 rings (SSSR count). The molecule has 5 nitrogen and oxygen atoms in total. The molecule has 7 heteroatoms. The first-order valence-corrected chi connectivity index (χ1v) is 9.47. The molecule has 0 unspecified atom stereocenters. The molecular weight excluding hydrogens is 362 g/mol.